The highest BCUT2D eigenvalue weighted by Gasteiger charge is 2.73. The summed E-state index contributed by atoms with van der Waals surface area (Å²) in [6, 6.07) is 22.6. The first-order valence-electron chi connectivity index (χ1n) is 11.9. The van der Waals surface area contributed by atoms with Crippen LogP contribution in [0.2, 0.25) is 0 Å². The molecule has 0 saturated carbocycles. The molecule has 0 aromatic heterocycles. The molecule has 0 spiro atoms. The molecule has 11 heteroatoms. The summed E-state index contributed by atoms with van der Waals surface area (Å²) in [5.41, 5.74) is 0.776. The molecule has 6 rings (SSSR count). The second-order valence-electron chi connectivity index (χ2n) is 9.70. The molecule has 3 aliphatic heterocycles. The van der Waals surface area contributed by atoms with Crippen LogP contribution in [0, 0.1) is 0 Å². The maximum Gasteiger partial charge on any atom is 0.266 e. The van der Waals surface area contributed by atoms with Gasteiger partial charge in [0, 0.05) is 13.5 Å². The highest BCUT2D eigenvalue weighted by molar-refractivity contribution is 7.93. The van der Waals surface area contributed by atoms with Gasteiger partial charge in [0.1, 0.15) is 11.9 Å². The van der Waals surface area contributed by atoms with Gasteiger partial charge < -0.3 is 9.64 Å². The third-order valence-corrected chi connectivity index (χ3v) is 10.8. The van der Waals surface area contributed by atoms with Crippen molar-refractivity contribution < 1.29 is 22.7 Å². The molecule has 3 aromatic carbocycles. The molecule has 2 saturated heterocycles. The number of benzene rings is 3. The molecular weight excluding hydrogens is 543 g/mol. The number of carbonyl (C=O) groups is 2. The van der Waals surface area contributed by atoms with E-state index in [2.05, 4.69) is 12.6 Å². The van der Waals surface area contributed by atoms with Crippen molar-refractivity contribution in [3.05, 3.63) is 90.0 Å². The molecule has 3 aliphatic rings. The van der Waals surface area contributed by atoms with Gasteiger partial charge in [0.15, 0.2) is 10.2 Å². The van der Waals surface area contributed by atoms with Crippen LogP contribution in [0.3, 0.4) is 0 Å². The average molecular weight is 568 g/mol. The van der Waals surface area contributed by atoms with Crippen LogP contribution in [0.5, 0.6) is 5.75 Å². The minimum absolute atomic E-state index is 0.0628. The second-order valence-corrected chi connectivity index (χ2v) is 12.7. The molecular formula is C27H25N3O5S3. The number of hydrogen-bond donors (Lipinski definition) is 2. The van der Waals surface area contributed by atoms with E-state index in [0.717, 1.165) is 5.56 Å². The van der Waals surface area contributed by atoms with E-state index in [1.54, 1.807) is 49.6 Å². The average Bonchev–Trinajstić information content (AvgIpc) is 3.38. The standard InChI is InChI=1S/C27H25N3O5S3/c1-28-23(36)22(31)29-24-26(16-27(29,37)25(28)32,17-12-14-18(35-2)15-13-17)20-10-6-7-11-21(20)30(24)38(33,34)19-8-4-3-5-9-19/h3-15,23-24,36-37H,16H2,1-2H3/t23-,24-,26-,27-/m0/s1. The molecule has 8 nitrogen and oxygen atoms in total. The Kier molecular flexibility index (Phi) is 5.57. The molecule has 0 N–H and O–H groups in total. The van der Waals surface area contributed by atoms with E-state index in [0.29, 0.717) is 17.0 Å². The zero-order valence-corrected chi connectivity index (χ0v) is 23.2. The lowest BCUT2D eigenvalue weighted by Gasteiger charge is -2.47. The van der Waals surface area contributed by atoms with E-state index in [4.69, 9.17) is 17.4 Å². The van der Waals surface area contributed by atoms with Gasteiger partial charge in [0.25, 0.3) is 21.8 Å². The maximum atomic E-state index is 14.4. The molecule has 0 aliphatic carbocycles. The van der Waals surface area contributed by atoms with Gasteiger partial charge in [-0.3, -0.25) is 14.5 Å². The zero-order valence-electron chi connectivity index (χ0n) is 20.6. The van der Waals surface area contributed by atoms with Gasteiger partial charge in [-0.25, -0.2) is 12.7 Å². The number of fused-ring (bicyclic) bond motifs is 5. The van der Waals surface area contributed by atoms with E-state index in [9.17, 15) is 18.0 Å². The van der Waals surface area contributed by atoms with E-state index in [1.807, 2.05) is 24.3 Å². The van der Waals surface area contributed by atoms with Crippen LogP contribution in [-0.4, -0.2) is 60.6 Å². The molecule has 3 aromatic rings. The van der Waals surface area contributed by atoms with Gasteiger partial charge in [0.2, 0.25) is 0 Å². The maximum absolute atomic E-state index is 14.4. The Balaban J connectivity index is 1.69. The summed E-state index contributed by atoms with van der Waals surface area (Å²) in [6.45, 7) is 0. The van der Waals surface area contributed by atoms with Gasteiger partial charge in [-0.15, -0.1) is 25.3 Å². The first kappa shape index (κ1) is 25.1. The number of likely N-dealkylation sites (N-methyl/N-ethyl adjacent to an activating group) is 1. The summed E-state index contributed by atoms with van der Waals surface area (Å²) in [7, 11) is -1.11. The highest BCUT2D eigenvalue weighted by atomic mass is 32.2. The Bertz CT molecular complexity index is 1570. The smallest absolute Gasteiger partial charge is 0.266 e. The third-order valence-electron chi connectivity index (χ3n) is 7.85. The fourth-order valence-corrected chi connectivity index (χ4v) is 8.66. The van der Waals surface area contributed by atoms with Crippen molar-refractivity contribution in [2.24, 2.45) is 0 Å². The van der Waals surface area contributed by atoms with Crippen molar-refractivity contribution in [2.45, 2.75) is 33.1 Å². The summed E-state index contributed by atoms with van der Waals surface area (Å²) in [4.78, 5) is 28.7. The number of para-hydroxylation sites is 1. The number of nitrogens with zero attached hydrogens (tertiary/aromatic N) is 3. The molecule has 0 bridgehead atoms. The summed E-state index contributed by atoms with van der Waals surface area (Å²) >= 11 is 9.29. The number of sulfonamides is 1. The molecule has 3 heterocycles. The lowest BCUT2D eigenvalue weighted by Crippen LogP contribution is -2.68. The first-order valence-corrected chi connectivity index (χ1v) is 14.3. The Morgan fingerprint density at radius 1 is 0.947 bits per heavy atom. The van der Waals surface area contributed by atoms with Gasteiger partial charge >= 0.3 is 0 Å². The highest BCUT2D eigenvalue weighted by Crippen LogP contribution is 2.63. The number of carbonyl (C=O) groups excluding carboxylic acids is 2. The number of amides is 2. The summed E-state index contributed by atoms with van der Waals surface area (Å²) in [5.74, 6) is -0.287. The Labute approximate surface area is 232 Å². The lowest BCUT2D eigenvalue weighted by molar-refractivity contribution is -0.157. The molecule has 0 unspecified atom stereocenters. The number of hydrogen-bond acceptors (Lipinski definition) is 7. The summed E-state index contributed by atoms with van der Waals surface area (Å²) in [6.07, 6.45) is -1.04. The number of ether oxygens (including phenoxy) is 1. The first-order chi connectivity index (χ1) is 18.1. The van der Waals surface area contributed by atoms with Crippen molar-refractivity contribution >= 4 is 52.8 Å². The van der Waals surface area contributed by atoms with Crippen LogP contribution in [0.4, 0.5) is 5.69 Å². The normalized spacial score (nSPS) is 28.3. The van der Waals surface area contributed by atoms with Crippen LogP contribution in [-0.2, 0) is 25.0 Å². The monoisotopic (exact) mass is 567 g/mol. The summed E-state index contributed by atoms with van der Waals surface area (Å²) < 4.78 is 35.4. The molecule has 2 fully saturated rings. The number of anilines is 1. The third kappa shape index (κ3) is 3.09. The number of piperazine rings is 1. The quantitative estimate of drug-likeness (QED) is 0.474. The minimum Gasteiger partial charge on any atom is -0.497 e. The van der Waals surface area contributed by atoms with Crippen molar-refractivity contribution in [2.75, 3.05) is 18.5 Å². The molecule has 38 heavy (non-hydrogen) atoms. The van der Waals surface area contributed by atoms with Gasteiger partial charge in [-0.05, 0) is 41.5 Å². The van der Waals surface area contributed by atoms with Crippen molar-refractivity contribution in [1.29, 1.82) is 0 Å². The van der Waals surface area contributed by atoms with Crippen LogP contribution in [0.1, 0.15) is 17.5 Å². The number of methoxy groups -OCH3 is 1. The Hall–Kier alpha value is -3.15. The minimum atomic E-state index is -4.18. The SMILES string of the molecule is COc1ccc([C@]23C[C@]4(S)C(=O)N(C)[C@@H](S)C(=O)N4[C@H]2N(S(=O)(=O)c2ccccc2)c2ccccc23)cc1. The van der Waals surface area contributed by atoms with Crippen molar-refractivity contribution in [3.63, 3.8) is 0 Å². The Morgan fingerprint density at radius 2 is 1.58 bits per heavy atom. The molecule has 196 valence electrons. The number of thiol groups is 2. The van der Waals surface area contributed by atoms with Gasteiger partial charge in [-0.2, -0.15) is 0 Å². The van der Waals surface area contributed by atoms with Gasteiger partial charge in [0.05, 0.1) is 23.1 Å². The van der Waals surface area contributed by atoms with Crippen LogP contribution in [0.25, 0.3) is 0 Å². The Morgan fingerprint density at radius 3 is 2.24 bits per heavy atom. The summed E-state index contributed by atoms with van der Waals surface area (Å²) in [5, 5.41) is -1.08. The van der Waals surface area contributed by atoms with E-state index in [-0.39, 0.29) is 11.3 Å². The fourth-order valence-electron chi connectivity index (χ4n) is 6.13. The fraction of sp³-hybridized carbons (Fsp3) is 0.259. The van der Waals surface area contributed by atoms with Crippen LogP contribution >= 0.6 is 25.3 Å². The number of rotatable bonds is 4. The molecule has 0 radical (unpaired) electrons. The lowest BCUT2D eigenvalue weighted by atomic mass is 9.72. The topological polar surface area (TPSA) is 87.2 Å². The van der Waals surface area contributed by atoms with E-state index >= 15 is 0 Å². The largest absolute Gasteiger partial charge is 0.497 e. The van der Waals surface area contributed by atoms with Crippen LogP contribution in [0.15, 0.2) is 83.8 Å². The van der Waals surface area contributed by atoms with Crippen LogP contribution < -0.4 is 9.04 Å². The van der Waals surface area contributed by atoms with Crippen molar-refractivity contribution in [3.8, 4) is 5.75 Å². The van der Waals surface area contributed by atoms with E-state index in [1.165, 1.54) is 33.3 Å². The zero-order chi connectivity index (χ0) is 27.0. The predicted octanol–water partition coefficient (Wildman–Crippen LogP) is 3.10. The van der Waals surface area contributed by atoms with Gasteiger partial charge in [-0.1, -0.05) is 48.5 Å². The second kappa shape index (κ2) is 8.42. The molecule has 2 amide bonds. The predicted molar refractivity (Wildman–Crippen MR) is 149 cm³/mol. The molecule has 4 atom stereocenters. The van der Waals surface area contributed by atoms with E-state index < -0.39 is 43.7 Å². The van der Waals surface area contributed by atoms with Crippen molar-refractivity contribution in [1.82, 2.24) is 9.80 Å².